The van der Waals surface area contributed by atoms with Crippen LogP contribution in [0.2, 0.25) is 0 Å². The van der Waals surface area contributed by atoms with Crippen LogP contribution in [0.1, 0.15) is 13.8 Å². The van der Waals surface area contributed by atoms with Gasteiger partial charge in [-0.1, -0.05) is 0 Å². The molecule has 0 atom stereocenters. The molecule has 1 fully saturated rings. The summed E-state index contributed by atoms with van der Waals surface area (Å²) in [5.74, 6) is 0. The van der Waals surface area contributed by atoms with Crippen molar-refractivity contribution in [1.82, 2.24) is 15.8 Å². The number of hydrogen-bond acceptors (Lipinski definition) is 3. The average Bonchev–Trinajstić information content (AvgIpc) is 2.12. The fourth-order valence-electron chi connectivity index (χ4n) is 0.736. The van der Waals surface area contributed by atoms with Crippen molar-refractivity contribution in [2.24, 2.45) is 0 Å². The van der Waals surface area contributed by atoms with Crippen molar-refractivity contribution < 1.29 is 0 Å². The Labute approximate surface area is 50.0 Å². The molecule has 0 saturated carbocycles. The van der Waals surface area contributed by atoms with Crippen LogP contribution in [0.5, 0.6) is 0 Å². The van der Waals surface area contributed by atoms with Crippen molar-refractivity contribution in [1.29, 1.82) is 0 Å². The second-order valence-electron chi connectivity index (χ2n) is 2.35. The summed E-state index contributed by atoms with van der Waals surface area (Å²) >= 11 is 0. The highest BCUT2D eigenvalue weighted by atomic mass is 15.5. The Morgan fingerprint density at radius 2 is 1.75 bits per heavy atom. The molecule has 1 aliphatic rings. The van der Waals surface area contributed by atoms with Crippen LogP contribution < -0.4 is 10.9 Å². The molecule has 3 nitrogen and oxygen atoms in total. The highest BCUT2D eigenvalue weighted by Crippen LogP contribution is 1.95. The number of hydrogen-bond donors (Lipinski definition) is 2. The maximum atomic E-state index is 3.03. The minimum absolute atomic E-state index is 0.650. The largest absolute Gasteiger partial charge is 0.273 e. The molecule has 3 heteroatoms. The van der Waals surface area contributed by atoms with Gasteiger partial charge >= 0.3 is 0 Å². The molecule has 48 valence electrons. The summed E-state index contributed by atoms with van der Waals surface area (Å²) in [5, 5.41) is 0. The van der Waals surface area contributed by atoms with Crippen LogP contribution in [0.4, 0.5) is 0 Å². The van der Waals surface area contributed by atoms with E-state index in [9.17, 15) is 0 Å². The standard InChI is InChI=1S/C5H13N3/c1-5(2)8-3-6-7-4-8/h5-7H,3-4H2,1-2H3. The molecule has 0 aliphatic carbocycles. The van der Waals surface area contributed by atoms with Crippen LogP contribution in [-0.4, -0.2) is 24.3 Å². The van der Waals surface area contributed by atoms with Gasteiger partial charge < -0.3 is 0 Å². The van der Waals surface area contributed by atoms with Crippen LogP contribution in [0.25, 0.3) is 0 Å². The number of nitrogens with zero attached hydrogens (tertiary/aromatic N) is 1. The first-order chi connectivity index (χ1) is 3.80. The third-order valence-corrected chi connectivity index (χ3v) is 1.42. The summed E-state index contributed by atoms with van der Waals surface area (Å²) in [4.78, 5) is 2.31. The lowest BCUT2D eigenvalue weighted by Crippen LogP contribution is -2.29. The second kappa shape index (κ2) is 2.44. The molecule has 2 N–H and O–H groups in total. The smallest absolute Gasteiger partial charge is 0.0629 e. The average molecular weight is 115 g/mol. The predicted molar refractivity (Wildman–Crippen MR) is 33.0 cm³/mol. The summed E-state index contributed by atoms with van der Waals surface area (Å²) in [5.41, 5.74) is 6.06. The van der Waals surface area contributed by atoms with Crippen molar-refractivity contribution in [2.45, 2.75) is 19.9 Å². The minimum Gasteiger partial charge on any atom is -0.273 e. The third kappa shape index (κ3) is 1.18. The maximum absolute atomic E-state index is 3.03. The van der Waals surface area contributed by atoms with E-state index in [4.69, 9.17) is 0 Å². The number of rotatable bonds is 1. The second-order valence-corrected chi connectivity index (χ2v) is 2.35. The van der Waals surface area contributed by atoms with Crippen molar-refractivity contribution in [3.8, 4) is 0 Å². The van der Waals surface area contributed by atoms with Gasteiger partial charge in [-0.2, -0.15) is 0 Å². The molecule has 8 heavy (non-hydrogen) atoms. The van der Waals surface area contributed by atoms with Gasteiger partial charge in [0.25, 0.3) is 0 Å². The van der Waals surface area contributed by atoms with Crippen molar-refractivity contribution in [2.75, 3.05) is 13.3 Å². The summed E-state index contributed by atoms with van der Waals surface area (Å²) in [6, 6.07) is 0.650. The molecule has 0 unspecified atom stereocenters. The van der Waals surface area contributed by atoms with Gasteiger partial charge in [-0.25, -0.2) is 10.9 Å². The van der Waals surface area contributed by atoms with E-state index in [1.807, 2.05) is 0 Å². The lowest BCUT2D eigenvalue weighted by atomic mass is 10.4. The SMILES string of the molecule is CC(C)N1CNNC1. The van der Waals surface area contributed by atoms with E-state index in [2.05, 4.69) is 29.6 Å². The normalized spacial score (nSPS) is 22.9. The molecule has 0 aromatic carbocycles. The van der Waals surface area contributed by atoms with E-state index in [1.165, 1.54) is 0 Å². The van der Waals surface area contributed by atoms with Gasteiger partial charge in [0.2, 0.25) is 0 Å². The number of nitrogens with one attached hydrogen (secondary N) is 2. The van der Waals surface area contributed by atoms with Crippen molar-refractivity contribution in [3.63, 3.8) is 0 Å². The zero-order valence-electron chi connectivity index (χ0n) is 5.44. The van der Waals surface area contributed by atoms with E-state index in [0.717, 1.165) is 13.3 Å². The van der Waals surface area contributed by atoms with E-state index < -0.39 is 0 Å². The maximum Gasteiger partial charge on any atom is 0.0629 e. The molecule has 0 aromatic rings. The Hall–Kier alpha value is -0.120. The first-order valence-corrected chi connectivity index (χ1v) is 3.00. The van der Waals surface area contributed by atoms with Crippen LogP contribution in [0.3, 0.4) is 0 Å². The summed E-state index contributed by atoms with van der Waals surface area (Å²) in [6.07, 6.45) is 0. The molecule has 0 spiro atoms. The fourth-order valence-corrected chi connectivity index (χ4v) is 0.736. The molecule has 1 aliphatic heterocycles. The van der Waals surface area contributed by atoms with Gasteiger partial charge in [-0.3, -0.25) is 4.90 Å². The van der Waals surface area contributed by atoms with Gasteiger partial charge in [0.1, 0.15) is 0 Å². The van der Waals surface area contributed by atoms with Crippen LogP contribution >= 0.6 is 0 Å². The Morgan fingerprint density at radius 1 is 1.25 bits per heavy atom. The van der Waals surface area contributed by atoms with Crippen molar-refractivity contribution in [3.05, 3.63) is 0 Å². The minimum atomic E-state index is 0.650. The first kappa shape index (κ1) is 6.01. The lowest BCUT2D eigenvalue weighted by Gasteiger charge is -2.16. The molecule has 1 heterocycles. The molecular formula is C5H13N3. The highest BCUT2D eigenvalue weighted by Gasteiger charge is 2.11. The molecular weight excluding hydrogens is 102 g/mol. The zero-order valence-corrected chi connectivity index (χ0v) is 5.44. The highest BCUT2D eigenvalue weighted by molar-refractivity contribution is 4.62. The molecule has 0 radical (unpaired) electrons. The quantitative estimate of drug-likeness (QED) is 0.492. The molecule has 0 bridgehead atoms. The molecule has 1 rings (SSSR count). The van der Waals surface area contributed by atoms with Gasteiger partial charge in [0.15, 0.2) is 0 Å². The zero-order chi connectivity index (χ0) is 5.98. The molecule has 0 amide bonds. The van der Waals surface area contributed by atoms with E-state index in [-0.39, 0.29) is 0 Å². The molecule has 0 aromatic heterocycles. The Morgan fingerprint density at radius 3 is 2.00 bits per heavy atom. The lowest BCUT2D eigenvalue weighted by molar-refractivity contribution is 0.269. The Kier molecular flexibility index (Phi) is 1.83. The van der Waals surface area contributed by atoms with Gasteiger partial charge in [0.05, 0.1) is 13.3 Å². The van der Waals surface area contributed by atoms with Crippen LogP contribution in [0, 0.1) is 0 Å². The topological polar surface area (TPSA) is 27.3 Å². The van der Waals surface area contributed by atoms with Crippen LogP contribution in [-0.2, 0) is 0 Å². The van der Waals surface area contributed by atoms with Crippen LogP contribution in [0.15, 0.2) is 0 Å². The van der Waals surface area contributed by atoms with Gasteiger partial charge in [-0.15, -0.1) is 0 Å². The fraction of sp³-hybridized carbons (Fsp3) is 1.00. The van der Waals surface area contributed by atoms with Gasteiger partial charge in [0, 0.05) is 6.04 Å². The first-order valence-electron chi connectivity index (χ1n) is 3.00. The molecule has 1 saturated heterocycles. The van der Waals surface area contributed by atoms with E-state index >= 15 is 0 Å². The predicted octanol–water partition coefficient (Wildman–Crippen LogP) is -0.280. The van der Waals surface area contributed by atoms with Gasteiger partial charge in [-0.05, 0) is 13.8 Å². The summed E-state index contributed by atoms with van der Waals surface area (Å²) in [7, 11) is 0. The summed E-state index contributed by atoms with van der Waals surface area (Å²) in [6.45, 7) is 6.32. The summed E-state index contributed by atoms with van der Waals surface area (Å²) < 4.78 is 0. The Bertz CT molecular complexity index is 66.1. The monoisotopic (exact) mass is 115 g/mol. The Balaban J connectivity index is 2.24. The van der Waals surface area contributed by atoms with Crippen molar-refractivity contribution >= 4 is 0 Å². The number of hydrazine groups is 1. The van der Waals surface area contributed by atoms with E-state index in [1.54, 1.807) is 0 Å². The third-order valence-electron chi connectivity index (χ3n) is 1.42. The van der Waals surface area contributed by atoms with E-state index in [0.29, 0.717) is 6.04 Å².